The first kappa shape index (κ1) is 18.0. The molecule has 0 atom stereocenters. The van der Waals surface area contributed by atoms with E-state index in [1.165, 1.54) is 12.1 Å². The third-order valence-corrected chi connectivity index (χ3v) is 4.77. The van der Waals surface area contributed by atoms with E-state index in [2.05, 4.69) is 20.2 Å². The molecule has 0 radical (unpaired) electrons. The standard InChI is InChI=1S/C22H15F2N5O/c23-17-3-1-2-16(21(17)24)22-25-18-8-9-29(12-20(18)26-22)11-14-10-19(28-27-14)13-4-6-15(30)7-5-13/h1-10,12,30H,11H2,(H,27,28). The molecule has 30 heavy (non-hydrogen) atoms. The van der Waals surface area contributed by atoms with E-state index < -0.39 is 11.6 Å². The molecule has 2 aliphatic heterocycles. The Balaban J connectivity index is 1.42. The second kappa shape index (κ2) is 7.07. The first-order valence-electron chi connectivity index (χ1n) is 9.18. The van der Waals surface area contributed by atoms with Crippen LogP contribution in [0.2, 0.25) is 0 Å². The third-order valence-electron chi connectivity index (χ3n) is 4.77. The molecule has 2 N–H and O–H groups in total. The van der Waals surface area contributed by atoms with Crippen molar-refractivity contribution in [3.8, 4) is 39.8 Å². The number of phenols is 1. The van der Waals surface area contributed by atoms with E-state index in [0.717, 1.165) is 23.0 Å². The highest BCUT2D eigenvalue weighted by molar-refractivity contribution is 5.66. The number of phenolic OH excluding ortho intramolecular Hbond substituents is 1. The fourth-order valence-electron chi connectivity index (χ4n) is 3.27. The van der Waals surface area contributed by atoms with Gasteiger partial charge in [-0.3, -0.25) is 5.10 Å². The first-order chi connectivity index (χ1) is 14.6. The van der Waals surface area contributed by atoms with Gasteiger partial charge in [0.15, 0.2) is 17.5 Å². The summed E-state index contributed by atoms with van der Waals surface area (Å²) in [5.41, 5.74) is 3.74. The molecule has 148 valence electrons. The van der Waals surface area contributed by atoms with Crippen LogP contribution in [0.1, 0.15) is 5.69 Å². The fraction of sp³-hybridized carbons (Fsp3) is 0.0455. The number of pyridine rings is 1. The Morgan fingerprint density at radius 1 is 0.933 bits per heavy atom. The normalized spacial score (nSPS) is 11.3. The van der Waals surface area contributed by atoms with Crippen molar-refractivity contribution in [3.05, 3.63) is 84.3 Å². The van der Waals surface area contributed by atoms with Crippen molar-refractivity contribution in [2.75, 3.05) is 0 Å². The van der Waals surface area contributed by atoms with E-state index in [4.69, 9.17) is 0 Å². The largest absolute Gasteiger partial charge is 0.508 e. The second-order valence-electron chi connectivity index (χ2n) is 6.86. The molecule has 0 fully saturated rings. The van der Waals surface area contributed by atoms with Crippen LogP contribution in [0.25, 0.3) is 34.0 Å². The molecule has 0 saturated heterocycles. The minimum Gasteiger partial charge on any atom is -0.508 e. The molecule has 8 heteroatoms. The van der Waals surface area contributed by atoms with Crippen LogP contribution in [-0.4, -0.2) is 29.8 Å². The smallest absolute Gasteiger partial charge is 0.169 e. The second-order valence-corrected chi connectivity index (χ2v) is 6.86. The molecule has 2 aliphatic rings. The average molecular weight is 403 g/mol. The molecule has 0 unspecified atom stereocenters. The van der Waals surface area contributed by atoms with Crippen LogP contribution >= 0.6 is 0 Å². The molecular formula is C22H15F2N5O. The highest BCUT2D eigenvalue weighted by Gasteiger charge is 2.17. The monoisotopic (exact) mass is 403 g/mol. The molecule has 2 aromatic carbocycles. The molecular weight excluding hydrogens is 388 g/mol. The number of imidazole rings is 1. The lowest BCUT2D eigenvalue weighted by Crippen LogP contribution is -2.01. The third kappa shape index (κ3) is 3.28. The van der Waals surface area contributed by atoms with Crippen LogP contribution in [0.4, 0.5) is 8.78 Å². The minimum atomic E-state index is -0.958. The summed E-state index contributed by atoms with van der Waals surface area (Å²) in [6, 6.07) is 14.5. The summed E-state index contributed by atoms with van der Waals surface area (Å²) >= 11 is 0. The molecule has 3 aromatic rings. The maximum atomic E-state index is 14.1. The van der Waals surface area contributed by atoms with Crippen molar-refractivity contribution in [3.63, 3.8) is 0 Å². The molecule has 0 saturated carbocycles. The fourth-order valence-corrected chi connectivity index (χ4v) is 3.27. The zero-order chi connectivity index (χ0) is 20.7. The van der Waals surface area contributed by atoms with E-state index in [1.807, 2.05) is 16.8 Å². The minimum absolute atomic E-state index is 0.0323. The first-order valence-corrected chi connectivity index (χ1v) is 9.18. The van der Waals surface area contributed by atoms with Gasteiger partial charge in [-0.25, -0.2) is 18.7 Å². The summed E-state index contributed by atoms with van der Waals surface area (Å²) in [6.07, 6.45) is 3.63. The summed E-state index contributed by atoms with van der Waals surface area (Å²) < 4.78 is 29.5. The van der Waals surface area contributed by atoms with Gasteiger partial charge >= 0.3 is 0 Å². The Bertz CT molecular complexity index is 1310. The van der Waals surface area contributed by atoms with E-state index in [-0.39, 0.29) is 17.1 Å². The molecule has 0 bridgehead atoms. The van der Waals surface area contributed by atoms with Gasteiger partial charge < -0.3 is 9.67 Å². The van der Waals surface area contributed by atoms with Gasteiger partial charge in [-0.15, -0.1) is 0 Å². The SMILES string of the molecule is Oc1ccc(-c2cc(Cn3ccc4nc(-c5cccc(F)c5F)nc-4c3)[nH]n2)cc1. The number of aromatic nitrogens is 5. The number of aromatic amines is 1. The summed E-state index contributed by atoms with van der Waals surface area (Å²) in [5.74, 6) is -1.54. The Hall–Kier alpha value is -4.07. The van der Waals surface area contributed by atoms with E-state index in [1.54, 1.807) is 36.5 Å². The predicted molar refractivity (Wildman–Crippen MR) is 107 cm³/mol. The van der Waals surface area contributed by atoms with E-state index in [9.17, 15) is 13.9 Å². The number of benzene rings is 2. The average Bonchev–Trinajstić information content (AvgIpc) is 3.37. The number of nitrogens with one attached hydrogen (secondary N) is 1. The van der Waals surface area contributed by atoms with Crippen LogP contribution in [0.5, 0.6) is 5.75 Å². The summed E-state index contributed by atoms with van der Waals surface area (Å²) in [7, 11) is 0. The van der Waals surface area contributed by atoms with E-state index >= 15 is 0 Å². The number of hydrogen-bond donors (Lipinski definition) is 2. The summed E-state index contributed by atoms with van der Waals surface area (Å²) in [6.45, 7) is 0.511. The Morgan fingerprint density at radius 2 is 1.73 bits per heavy atom. The lowest BCUT2D eigenvalue weighted by molar-refractivity contribution is 0.475. The van der Waals surface area contributed by atoms with Crippen molar-refractivity contribution in [2.45, 2.75) is 6.54 Å². The van der Waals surface area contributed by atoms with Crippen LogP contribution in [0.3, 0.4) is 0 Å². The van der Waals surface area contributed by atoms with Gasteiger partial charge in [0.25, 0.3) is 0 Å². The van der Waals surface area contributed by atoms with Gasteiger partial charge in [-0.1, -0.05) is 6.07 Å². The van der Waals surface area contributed by atoms with Crippen molar-refractivity contribution >= 4 is 0 Å². The highest BCUT2D eigenvalue weighted by atomic mass is 19.2. The number of nitrogens with zero attached hydrogens (tertiary/aromatic N) is 4. The molecule has 0 amide bonds. The van der Waals surface area contributed by atoms with Gasteiger partial charge in [0.1, 0.15) is 11.4 Å². The lowest BCUT2D eigenvalue weighted by atomic mass is 10.1. The number of aromatic hydroxyl groups is 1. The van der Waals surface area contributed by atoms with Gasteiger partial charge in [0, 0.05) is 18.0 Å². The summed E-state index contributed by atoms with van der Waals surface area (Å²) in [4.78, 5) is 8.67. The Kier molecular flexibility index (Phi) is 4.24. The maximum Gasteiger partial charge on any atom is 0.169 e. The van der Waals surface area contributed by atoms with Crippen LogP contribution in [0.15, 0.2) is 67.0 Å². The van der Waals surface area contributed by atoms with Crippen LogP contribution in [0, 0.1) is 11.6 Å². The van der Waals surface area contributed by atoms with Gasteiger partial charge in [0.05, 0.1) is 29.2 Å². The molecule has 5 rings (SSSR count). The highest BCUT2D eigenvalue weighted by Crippen LogP contribution is 2.27. The zero-order valence-corrected chi connectivity index (χ0v) is 15.5. The van der Waals surface area contributed by atoms with Gasteiger partial charge in [0.2, 0.25) is 0 Å². The van der Waals surface area contributed by atoms with Crippen LogP contribution in [-0.2, 0) is 6.54 Å². The zero-order valence-electron chi connectivity index (χ0n) is 15.5. The molecule has 0 aliphatic carbocycles. The van der Waals surface area contributed by atoms with Crippen molar-refractivity contribution in [2.24, 2.45) is 0 Å². The Morgan fingerprint density at radius 3 is 2.57 bits per heavy atom. The van der Waals surface area contributed by atoms with Crippen LogP contribution < -0.4 is 0 Å². The predicted octanol–water partition coefficient (Wildman–Crippen LogP) is 4.47. The number of halogens is 2. The van der Waals surface area contributed by atoms with Gasteiger partial charge in [-0.05, 0) is 48.5 Å². The van der Waals surface area contributed by atoms with Gasteiger partial charge in [-0.2, -0.15) is 5.10 Å². The number of H-pyrrole nitrogens is 1. The Labute approximate surface area is 169 Å². The van der Waals surface area contributed by atoms with Crippen molar-refractivity contribution in [1.82, 2.24) is 24.7 Å². The lowest BCUT2D eigenvalue weighted by Gasteiger charge is -2.05. The quantitative estimate of drug-likeness (QED) is 0.464. The summed E-state index contributed by atoms with van der Waals surface area (Å²) in [5, 5.41) is 16.7. The maximum absolute atomic E-state index is 14.1. The number of fused-ring (bicyclic) bond motifs is 1. The molecule has 3 heterocycles. The van der Waals surface area contributed by atoms with Crippen molar-refractivity contribution < 1.29 is 13.9 Å². The topological polar surface area (TPSA) is 79.6 Å². The number of rotatable bonds is 4. The van der Waals surface area contributed by atoms with Crippen molar-refractivity contribution in [1.29, 1.82) is 0 Å². The molecule has 0 spiro atoms. The van der Waals surface area contributed by atoms with E-state index in [0.29, 0.717) is 17.9 Å². The molecule has 1 aromatic heterocycles. The number of hydrogen-bond acceptors (Lipinski definition) is 4. The molecule has 6 nitrogen and oxygen atoms in total.